The molecular weight excluding hydrogens is 262 g/mol. The Morgan fingerprint density at radius 1 is 1.00 bits per heavy atom. The number of fused-ring (bicyclic) bond motifs is 1. The highest BCUT2D eigenvalue weighted by Gasteiger charge is 2.11. The molecule has 0 atom stereocenters. The standard InChI is InChI=1S/C14H9NOS2/c16-13(10-6-2-1-3-7-10)18-14-15-11-8-4-5-9-12(11)17-14/h1-9H. The summed E-state index contributed by atoms with van der Waals surface area (Å²) in [5.41, 5.74) is 1.66. The van der Waals surface area contributed by atoms with E-state index in [1.165, 1.54) is 11.8 Å². The minimum Gasteiger partial charge on any atom is -0.281 e. The van der Waals surface area contributed by atoms with Gasteiger partial charge < -0.3 is 0 Å². The largest absolute Gasteiger partial charge is 0.281 e. The summed E-state index contributed by atoms with van der Waals surface area (Å²) in [6.45, 7) is 0. The number of aromatic nitrogens is 1. The first-order chi connectivity index (χ1) is 8.83. The molecule has 2 nitrogen and oxygen atoms in total. The zero-order valence-electron chi connectivity index (χ0n) is 9.37. The van der Waals surface area contributed by atoms with Gasteiger partial charge in [-0.25, -0.2) is 4.98 Å². The molecule has 0 radical (unpaired) electrons. The predicted molar refractivity (Wildman–Crippen MR) is 76.2 cm³/mol. The van der Waals surface area contributed by atoms with Crippen molar-refractivity contribution in [2.24, 2.45) is 0 Å². The van der Waals surface area contributed by atoms with Gasteiger partial charge in [-0.1, -0.05) is 42.5 Å². The number of rotatable bonds is 2. The molecular formula is C14H9NOS2. The lowest BCUT2D eigenvalue weighted by Gasteiger charge is -1.96. The van der Waals surface area contributed by atoms with Gasteiger partial charge in [-0.3, -0.25) is 4.79 Å². The molecule has 0 aliphatic heterocycles. The summed E-state index contributed by atoms with van der Waals surface area (Å²) in [5.74, 6) is 0. The van der Waals surface area contributed by atoms with Crippen molar-refractivity contribution in [1.29, 1.82) is 0 Å². The second-order valence-electron chi connectivity index (χ2n) is 3.70. The summed E-state index contributed by atoms with van der Waals surface area (Å²) in [5, 5.41) is 0.0367. The van der Waals surface area contributed by atoms with Gasteiger partial charge in [0.15, 0.2) is 4.34 Å². The molecule has 0 spiro atoms. The molecule has 0 aliphatic rings. The van der Waals surface area contributed by atoms with Crippen LogP contribution in [-0.4, -0.2) is 10.1 Å². The average Bonchev–Trinajstić information content (AvgIpc) is 2.82. The van der Waals surface area contributed by atoms with E-state index in [1.54, 1.807) is 11.3 Å². The number of para-hydroxylation sites is 1. The topological polar surface area (TPSA) is 30.0 Å². The van der Waals surface area contributed by atoms with Gasteiger partial charge in [0.2, 0.25) is 5.12 Å². The Labute approximate surface area is 113 Å². The van der Waals surface area contributed by atoms with E-state index in [1.807, 2.05) is 54.6 Å². The summed E-state index contributed by atoms with van der Waals surface area (Å²) in [6.07, 6.45) is 0. The molecule has 0 aliphatic carbocycles. The fourth-order valence-corrected chi connectivity index (χ4v) is 3.52. The maximum Gasteiger partial charge on any atom is 0.226 e. The highest BCUT2D eigenvalue weighted by Crippen LogP contribution is 2.31. The molecule has 1 aromatic heterocycles. The van der Waals surface area contributed by atoms with Crippen molar-refractivity contribution < 1.29 is 4.79 Å². The zero-order valence-corrected chi connectivity index (χ0v) is 11.0. The number of carbonyl (C=O) groups excluding carboxylic acids is 1. The van der Waals surface area contributed by atoms with E-state index in [0.29, 0.717) is 5.56 Å². The Bertz CT molecular complexity index is 658. The molecule has 18 heavy (non-hydrogen) atoms. The molecule has 3 aromatic rings. The van der Waals surface area contributed by atoms with Crippen LogP contribution in [0.25, 0.3) is 10.2 Å². The van der Waals surface area contributed by atoms with Crippen molar-refractivity contribution in [3.63, 3.8) is 0 Å². The van der Waals surface area contributed by atoms with Crippen molar-refractivity contribution in [3.8, 4) is 0 Å². The van der Waals surface area contributed by atoms with E-state index in [0.717, 1.165) is 14.6 Å². The van der Waals surface area contributed by atoms with Crippen LogP contribution in [0.3, 0.4) is 0 Å². The van der Waals surface area contributed by atoms with Crippen molar-refractivity contribution in [2.45, 2.75) is 4.34 Å². The second kappa shape index (κ2) is 4.92. The van der Waals surface area contributed by atoms with Crippen LogP contribution in [0.4, 0.5) is 0 Å². The van der Waals surface area contributed by atoms with E-state index in [4.69, 9.17) is 0 Å². The van der Waals surface area contributed by atoms with Crippen LogP contribution >= 0.6 is 23.1 Å². The Morgan fingerprint density at radius 3 is 2.50 bits per heavy atom. The van der Waals surface area contributed by atoms with Crippen molar-refractivity contribution in [1.82, 2.24) is 4.98 Å². The summed E-state index contributed by atoms with van der Waals surface area (Å²) >= 11 is 2.74. The molecule has 0 fully saturated rings. The molecule has 0 saturated carbocycles. The first kappa shape index (κ1) is 11.4. The third-order valence-electron chi connectivity index (χ3n) is 2.46. The number of thioether (sulfide) groups is 1. The fraction of sp³-hybridized carbons (Fsp3) is 0. The predicted octanol–water partition coefficient (Wildman–Crippen LogP) is 4.23. The van der Waals surface area contributed by atoms with Crippen LogP contribution in [0.15, 0.2) is 58.9 Å². The Hall–Kier alpha value is -1.65. The molecule has 1 heterocycles. The second-order valence-corrected chi connectivity index (χ2v) is 5.95. The van der Waals surface area contributed by atoms with E-state index < -0.39 is 0 Å². The van der Waals surface area contributed by atoms with Crippen LogP contribution in [0.1, 0.15) is 10.4 Å². The van der Waals surface area contributed by atoms with Gasteiger partial charge in [-0.05, 0) is 23.9 Å². The SMILES string of the molecule is O=C(Sc1nc2ccccc2s1)c1ccccc1. The van der Waals surface area contributed by atoms with Gasteiger partial charge in [0.25, 0.3) is 0 Å². The third kappa shape index (κ3) is 2.30. The van der Waals surface area contributed by atoms with E-state index in [9.17, 15) is 4.79 Å². The van der Waals surface area contributed by atoms with Gasteiger partial charge in [0.1, 0.15) is 0 Å². The monoisotopic (exact) mass is 271 g/mol. The molecule has 4 heteroatoms. The Kier molecular flexibility index (Phi) is 3.13. The number of carbonyl (C=O) groups is 1. The molecule has 0 unspecified atom stereocenters. The lowest BCUT2D eigenvalue weighted by atomic mass is 10.2. The minimum absolute atomic E-state index is 0.0367. The minimum atomic E-state index is 0.0367. The normalized spacial score (nSPS) is 10.7. The third-order valence-corrected chi connectivity index (χ3v) is 4.48. The summed E-state index contributed by atoms with van der Waals surface area (Å²) in [4.78, 5) is 16.5. The van der Waals surface area contributed by atoms with Crippen molar-refractivity contribution in [3.05, 3.63) is 60.2 Å². The Morgan fingerprint density at radius 2 is 1.72 bits per heavy atom. The van der Waals surface area contributed by atoms with E-state index in [2.05, 4.69) is 4.98 Å². The lowest BCUT2D eigenvalue weighted by molar-refractivity contribution is 0.108. The maximum absolute atomic E-state index is 12.0. The highest BCUT2D eigenvalue weighted by molar-refractivity contribution is 8.15. The average molecular weight is 271 g/mol. The molecule has 0 N–H and O–H groups in total. The van der Waals surface area contributed by atoms with E-state index >= 15 is 0 Å². The lowest BCUT2D eigenvalue weighted by Crippen LogP contribution is -1.91. The zero-order chi connectivity index (χ0) is 12.4. The number of nitrogens with zero attached hydrogens (tertiary/aromatic N) is 1. The molecule has 3 rings (SSSR count). The first-order valence-electron chi connectivity index (χ1n) is 5.46. The molecule has 88 valence electrons. The molecule has 0 saturated heterocycles. The summed E-state index contributed by atoms with van der Waals surface area (Å²) in [6, 6.07) is 17.2. The van der Waals surface area contributed by atoms with E-state index in [-0.39, 0.29) is 5.12 Å². The molecule has 0 amide bonds. The van der Waals surface area contributed by atoms with Gasteiger partial charge in [-0.15, -0.1) is 11.3 Å². The number of hydrogen-bond donors (Lipinski definition) is 0. The van der Waals surface area contributed by atoms with Crippen molar-refractivity contribution >= 4 is 38.4 Å². The number of benzene rings is 2. The first-order valence-corrected chi connectivity index (χ1v) is 7.09. The highest BCUT2D eigenvalue weighted by atomic mass is 32.2. The molecule has 0 bridgehead atoms. The van der Waals surface area contributed by atoms with Crippen LogP contribution < -0.4 is 0 Å². The molecule has 2 aromatic carbocycles. The van der Waals surface area contributed by atoms with Crippen LogP contribution in [0, 0.1) is 0 Å². The van der Waals surface area contributed by atoms with Gasteiger partial charge in [-0.2, -0.15) is 0 Å². The van der Waals surface area contributed by atoms with Crippen molar-refractivity contribution in [2.75, 3.05) is 0 Å². The Balaban J connectivity index is 1.86. The van der Waals surface area contributed by atoms with Crippen LogP contribution in [0.2, 0.25) is 0 Å². The smallest absolute Gasteiger partial charge is 0.226 e. The van der Waals surface area contributed by atoms with Crippen LogP contribution in [-0.2, 0) is 0 Å². The summed E-state index contributed by atoms with van der Waals surface area (Å²) in [7, 11) is 0. The van der Waals surface area contributed by atoms with Gasteiger partial charge in [0.05, 0.1) is 10.2 Å². The fourth-order valence-electron chi connectivity index (χ4n) is 1.61. The van der Waals surface area contributed by atoms with Gasteiger partial charge in [0, 0.05) is 5.56 Å². The quantitative estimate of drug-likeness (QED) is 0.653. The summed E-state index contributed by atoms with van der Waals surface area (Å²) < 4.78 is 1.91. The maximum atomic E-state index is 12.0. The number of hydrogen-bond acceptors (Lipinski definition) is 4. The van der Waals surface area contributed by atoms with Crippen LogP contribution in [0.5, 0.6) is 0 Å². The van der Waals surface area contributed by atoms with Gasteiger partial charge >= 0.3 is 0 Å². The number of thiazole rings is 1.